The van der Waals surface area contributed by atoms with Gasteiger partial charge in [-0.1, -0.05) is 13.3 Å². The smallest absolute Gasteiger partial charge is 0.303 e. The van der Waals surface area contributed by atoms with Gasteiger partial charge in [0.05, 0.1) is 0 Å². The molecule has 96 valence electrons. The minimum atomic E-state index is -1.03. The number of hydrogen-bond donors (Lipinski definition) is 3. The molecule has 2 amide bonds. The zero-order chi connectivity index (χ0) is 13.3. The maximum atomic E-state index is 11.6. The maximum Gasteiger partial charge on any atom is 0.303 e. The van der Waals surface area contributed by atoms with E-state index in [4.69, 9.17) is 10.8 Å². The van der Waals surface area contributed by atoms with Gasteiger partial charge in [-0.2, -0.15) is 0 Å². The van der Waals surface area contributed by atoms with E-state index in [0.717, 1.165) is 18.9 Å². The molecule has 0 saturated carbocycles. The van der Waals surface area contributed by atoms with Crippen LogP contribution in [0.3, 0.4) is 0 Å². The van der Waals surface area contributed by atoms with E-state index < -0.39 is 17.8 Å². The van der Waals surface area contributed by atoms with Gasteiger partial charge in [0, 0.05) is 24.6 Å². The number of carbonyl (C=O) groups excluding carboxylic acids is 2. The number of carbonyl (C=O) groups is 3. The number of carboxylic acids is 1. The van der Waals surface area contributed by atoms with Gasteiger partial charge in [0.2, 0.25) is 11.8 Å². The first-order valence-electron chi connectivity index (χ1n) is 5.47. The zero-order valence-corrected chi connectivity index (χ0v) is 9.86. The quantitative estimate of drug-likeness (QED) is 0.416. The molecule has 0 unspecified atom stereocenters. The number of aliphatic carboxylic acids is 1. The van der Waals surface area contributed by atoms with Crippen LogP contribution >= 0.6 is 0 Å². The van der Waals surface area contributed by atoms with E-state index in [2.05, 4.69) is 5.32 Å². The molecule has 0 spiro atoms. The van der Waals surface area contributed by atoms with Crippen LogP contribution in [-0.4, -0.2) is 29.4 Å². The third-order valence-corrected chi connectivity index (χ3v) is 2.03. The fraction of sp³-hybridized carbons (Fsp3) is 0.545. The van der Waals surface area contributed by atoms with E-state index in [0.29, 0.717) is 6.54 Å². The van der Waals surface area contributed by atoms with Crippen LogP contribution in [0.1, 0.15) is 32.6 Å². The Kier molecular flexibility index (Phi) is 7.41. The standard InChI is InChI=1S/C11H18N2O4/c1-2-3-6-13-11(17)8(7-9(12)14)4-5-10(15)16/h7H,2-6H2,1H3,(H2,12,14)(H,13,17)(H,15,16)/b8-7+. The number of nitrogens with one attached hydrogen (secondary N) is 1. The minimum Gasteiger partial charge on any atom is -0.481 e. The Hall–Kier alpha value is -1.85. The van der Waals surface area contributed by atoms with Crippen molar-refractivity contribution >= 4 is 17.8 Å². The SMILES string of the molecule is CCCCNC(=O)/C(=C/C(N)=O)CCC(=O)O. The van der Waals surface area contributed by atoms with Gasteiger partial charge < -0.3 is 16.2 Å². The van der Waals surface area contributed by atoms with Gasteiger partial charge in [-0.05, 0) is 12.8 Å². The van der Waals surface area contributed by atoms with Gasteiger partial charge >= 0.3 is 5.97 Å². The molecular weight excluding hydrogens is 224 g/mol. The molecule has 0 aliphatic heterocycles. The lowest BCUT2D eigenvalue weighted by atomic mass is 10.1. The van der Waals surface area contributed by atoms with Crippen molar-refractivity contribution in [1.29, 1.82) is 0 Å². The second-order valence-corrected chi connectivity index (χ2v) is 3.58. The Morgan fingerprint density at radius 2 is 1.94 bits per heavy atom. The summed E-state index contributed by atoms with van der Waals surface area (Å²) >= 11 is 0. The van der Waals surface area contributed by atoms with E-state index in [1.54, 1.807) is 0 Å². The van der Waals surface area contributed by atoms with Crippen LogP contribution in [0, 0.1) is 0 Å². The molecule has 0 rings (SSSR count). The van der Waals surface area contributed by atoms with Gasteiger partial charge in [0.25, 0.3) is 0 Å². The molecule has 17 heavy (non-hydrogen) atoms. The van der Waals surface area contributed by atoms with Crippen LogP contribution in [0.15, 0.2) is 11.6 Å². The summed E-state index contributed by atoms with van der Waals surface area (Å²) in [5.41, 5.74) is 5.06. The Labute approximate surface area is 99.9 Å². The maximum absolute atomic E-state index is 11.6. The normalized spacial score (nSPS) is 11.0. The monoisotopic (exact) mass is 242 g/mol. The average Bonchev–Trinajstić information content (AvgIpc) is 2.23. The largest absolute Gasteiger partial charge is 0.481 e. The summed E-state index contributed by atoms with van der Waals surface area (Å²) < 4.78 is 0. The van der Waals surface area contributed by atoms with Crippen LogP contribution in [0.5, 0.6) is 0 Å². The van der Waals surface area contributed by atoms with Crippen molar-refractivity contribution in [3.63, 3.8) is 0 Å². The molecule has 0 aliphatic carbocycles. The van der Waals surface area contributed by atoms with Gasteiger partial charge in [0.1, 0.15) is 0 Å². The zero-order valence-electron chi connectivity index (χ0n) is 9.86. The summed E-state index contributed by atoms with van der Waals surface area (Å²) in [5.74, 6) is -2.21. The third kappa shape index (κ3) is 8.01. The van der Waals surface area contributed by atoms with E-state index in [1.807, 2.05) is 6.92 Å². The molecule has 0 aromatic heterocycles. The predicted octanol–water partition coefficient (Wildman–Crippen LogP) is 0.179. The lowest BCUT2D eigenvalue weighted by Gasteiger charge is -2.07. The van der Waals surface area contributed by atoms with Gasteiger partial charge in [-0.15, -0.1) is 0 Å². The highest BCUT2D eigenvalue weighted by atomic mass is 16.4. The van der Waals surface area contributed by atoms with Crippen LogP contribution in [0.25, 0.3) is 0 Å². The van der Waals surface area contributed by atoms with Gasteiger partial charge in [-0.3, -0.25) is 14.4 Å². The summed E-state index contributed by atoms with van der Waals surface area (Å²) in [6.07, 6.45) is 2.53. The Balaban J connectivity index is 4.41. The van der Waals surface area contributed by atoms with Crippen LogP contribution in [-0.2, 0) is 14.4 Å². The molecule has 0 aromatic carbocycles. The van der Waals surface area contributed by atoms with Gasteiger partial charge in [0.15, 0.2) is 0 Å². The molecule has 0 radical (unpaired) electrons. The van der Waals surface area contributed by atoms with E-state index in [9.17, 15) is 14.4 Å². The third-order valence-electron chi connectivity index (χ3n) is 2.03. The number of hydrogen-bond acceptors (Lipinski definition) is 3. The first-order valence-corrected chi connectivity index (χ1v) is 5.47. The van der Waals surface area contributed by atoms with Crippen LogP contribution in [0.4, 0.5) is 0 Å². The molecule has 0 aromatic rings. The van der Waals surface area contributed by atoms with Crippen LogP contribution in [0.2, 0.25) is 0 Å². The predicted molar refractivity (Wildman–Crippen MR) is 62.1 cm³/mol. The van der Waals surface area contributed by atoms with Crippen LogP contribution < -0.4 is 11.1 Å². The Morgan fingerprint density at radius 3 is 2.41 bits per heavy atom. The second kappa shape index (κ2) is 8.32. The molecule has 0 aliphatic rings. The fourth-order valence-electron chi connectivity index (χ4n) is 1.16. The molecule has 0 heterocycles. The highest BCUT2D eigenvalue weighted by molar-refractivity contribution is 6.00. The Morgan fingerprint density at radius 1 is 1.29 bits per heavy atom. The lowest BCUT2D eigenvalue weighted by Crippen LogP contribution is -2.27. The molecule has 4 N–H and O–H groups in total. The number of unbranched alkanes of at least 4 members (excludes halogenated alkanes) is 1. The molecule has 0 saturated heterocycles. The molecule has 0 fully saturated rings. The summed E-state index contributed by atoms with van der Waals surface area (Å²) in [7, 11) is 0. The topological polar surface area (TPSA) is 109 Å². The van der Waals surface area contributed by atoms with Crippen molar-refractivity contribution in [1.82, 2.24) is 5.32 Å². The van der Waals surface area contributed by atoms with Crippen molar-refractivity contribution in [3.8, 4) is 0 Å². The van der Waals surface area contributed by atoms with Crippen molar-refractivity contribution in [3.05, 3.63) is 11.6 Å². The van der Waals surface area contributed by atoms with Crippen molar-refractivity contribution < 1.29 is 19.5 Å². The minimum absolute atomic E-state index is 0.00374. The number of amides is 2. The molecule has 6 heteroatoms. The summed E-state index contributed by atoms with van der Waals surface area (Å²) in [6, 6.07) is 0. The second-order valence-electron chi connectivity index (χ2n) is 3.58. The molecule has 0 bridgehead atoms. The van der Waals surface area contributed by atoms with Crippen molar-refractivity contribution in [2.45, 2.75) is 32.6 Å². The number of carboxylic acid groups (broad SMARTS) is 1. The Bertz CT molecular complexity index is 323. The molecule has 0 atom stereocenters. The lowest BCUT2D eigenvalue weighted by molar-refractivity contribution is -0.137. The van der Waals surface area contributed by atoms with E-state index in [-0.39, 0.29) is 18.4 Å². The first kappa shape index (κ1) is 15.2. The average molecular weight is 242 g/mol. The van der Waals surface area contributed by atoms with Gasteiger partial charge in [-0.25, -0.2) is 0 Å². The summed E-state index contributed by atoms with van der Waals surface area (Å²) in [6.45, 7) is 2.48. The molecule has 6 nitrogen and oxygen atoms in total. The van der Waals surface area contributed by atoms with Crippen molar-refractivity contribution in [2.24, 2.45) is 5.73 Å². The van der Waals surface area contributed by atoms with E-state index in [1.165, 1.54) is 0 Å². The summed E-state index contributed by atoms with van der Waals surface area (Å²) in [5, 5.41) is 11.1. The fourth-order valence-corrected chi connectivity index (χ4v) is 1.16. The summed E-state index contributed by atoms with van der Waals surface area (Å²) in [4.78, 5) is 32.7. The first-order chi connectivity index (χ1) is 7.97. The van der Waals surface area contributed by atoms with Crippen molar-refractivity contribution in [2.75, 3.05) is 6.54 Å². The number of primary amides is 1. The van der Waals surface area contributed by atoms with E-state index >= 15 is 0 Å². The highest BCUT2D eigenvalue weighted by Crippen LogP contribution is 2.05. The number of nitrogens with two attached hydrogens (primary N) is 1. The highest BCUT2D eigenvalue weighted by Gasteiger charge is 2.11. The number of rotatable bonds is 8. The molecular formula is C11H18N2O4.